The molecular formula is C15H14O4. The Morgan fingerprint density at radius 2 is 1.84 bits per heavy atom. The molecule has 1 aromatic rings. The van der Waals surface area contributed by atoms with Crippen molar-refractivity contribution in [1.82, 2.24) is 0 Å². The second kappa shape index (κ2) is 4.77. The van der Waals surface area contributed by atoms with Gasteiger partial charge in [-0.1, -0.05) is 24.1 Å². The largest absolute Gasteiger partial charge is 0.468 e. The highest BCUT2D eigenvalue weighted by Crippen LogP contribution is 2.61. The molecule has 0 bridgehead atoms. The van der Waals surface area contributed by atoms with Gasteiger partial charge < -0.3 is 9.47 Å². The van der Waals surface area contributed by atoms with Gasteiger partial charge in [0.15, 0.2) is 5.41 Å². The Morgan fingerprint density at radius 3 is 2.37 bits per heavy atom. The molecule has 1 fully saturated rings. The second-order valence-corrected chi connectivity index (χ2v) is 4.44. The van der Waals surface area contributed by atoms with Crippen molar-refractivity contribution in [3.05, 3.63) is 35.4 Å². The average molecular weight is 258 g/mol. The van der Waals surface area contributed by atoms with Gasteiger partial charge in [-0.3, -0.25) is 9.59 Å². The van der Waals surface area contributed by atoms with Crippen molar-refractivity contribution in [1.29, 1.82) is 0 Å². The molecule has 0 aliphatic heterocycles. The number of terminal acetylenes is 1. The summed E-state index contributed by atoms with van der Waals surface area (Å²) in [7, 11) is 2.52. The molecule has 0 radical (unpaired) electrons. The fourth-order valence-electron chi connectivity index (χ4n) is 2.47. The van der Waals surface area contributed by atoms with Gasteiger partial charge in [-0.15, -0.1) is 6.42 Å². The molecule has 0 saturated heterocycles. The van der Waals surface area contributed by atoms with Crippen LogP contribution >= 0.6 is 0 Å². The minimum Gasteiger partial charge on any atom is -0.468 e. The van der Waals surface area contributed by atoms with E-state index < -0.39 is 17.4 Å². The van der Waals surface area contributed by atoms with Crippen molar-refractivity contribution in [3.63, 3.8) is 0 Å². The Balaban J connectivity index is 2.42. The van der Waals surface area contributed by atoms with Gasteiger partial charge in [0.25, 0.3) is 0 Å². The SMILES string of the molecule is C#Cc1ccccc1C1CC1(C(=O)OC)C(=O)OC. The van der Waals surface area contributed by atoms with Gasteiger partial charge in [-0.05, 0) is 18.1 Å². The minimum atomic E-state index is -1.24. The molecule has 1 saturated carbocycles. The average Bonchev–Trinajstić information content (AvgIpc) is 3.22. The first-order valence-electron chi connectivity index (χ1n) is 5.84. The number of hydrogen-bond donors (Lipinski definition) is 0. The summed E-state index contributed by atoms with van der Waals surface area (Å²) in [4.78, 5) is 23.8. The van der Waals surface area contributed by atoms with Crippen molar-refractivity contribution < 1.29 is 19.1 Å². The standard InChI is InChI=1S/C15H14O4/c1-4-10-7-5-6-8-11(10)12-9-15(12,13(16)18-2)14(17)19-3/h1,5-8,12H,9H2,2-3H3. The van der Waals surface area contributed by atoms with Crippen molar-refractivity contribution in [2.24, 2.45) is 5.41 Å². The molecule has 0 aromatic heterocycles. The van der Waals surface area contributed by atoms with Crippen LogP contribution in [0.15, 0.2) is 24.3 Å². The smallest absolute Gasteiger partial charge is 0.323 e. The molecule has 1 aliphatic rings. The molecule has 1 aliphatic carbocycles. The first kappa shape index (κ1) is 13.2. The number of methoxy groups -OCH3 is 2. The lowest BCUT2D eigenvalue weighted by molar-refractivity contribution is -0.161. The lowest BCUT2D eigenvalue weighted by Crippen LogP contribution is -2.30. The zero-order valence-electron chi connectivity index (χ0n) is 10.8. The highest BCUT2D eigenvalue weighted by molar-refractivity contribution is 6.05. The lowest BCUT2D eigenvalue weighted by Gasteiger charge is -2.13. The van der Waals surface area contributed by atoms with Crippen LogP contribution in [-0.2, 0) is 19.1 Å². The Kier molecular flexibility index (Phi) is 3.30. The number of carbonyl (C=O) groups excluding carboxylic acids is 2. The summed E-state index contributed by atoms with van der Waals surface area (Å²) in [6, 6.07) is 7.26. The predicted octanol–water partition coefficient (Wildman–Crippen LogP) is 1.49. The fraction of sp³-hybridized carbons (Fsp3) is 0.333. The van der Waals surface area contributed by atoms with E-state index >= 15 is 0 Å². The third kappa shape index (κ3) is 1.88. The first-order chi connectivity index (χ1) is 9.11. The molecule has 4 heteroatoms. The predicted molar refractivity (Wildman–Crippen MR) is 68.2 cm³/mol. The van der Waals surface area contributed by atoms with Gasteiger partial charge in [0.05, 0.1) is 14.2 Å². The van der Waals surface area contributed by atoms with Gasteiger partial charge in [0.1, 0.15) is 0 Å². The maximum Gasteiger partial charge on any atom is 0.323 e. The van der Waals surface area contributed by atoms with Crippen molar-refractivity contribution in [2.45, 2.75) is 12.3 Å². The van der Waals surface area contributed by atoms with Crippen LogP contribution in [0, 0.1) is 17.8 Å². The number of rotatable bonds is 3. The summed E-state index contributed by atoms with van der Waals surface area (Å²) in [5.41, 5.74) is 0.249. The van der Waals surface area contributed by atoms with E-state index in [2.05, 4.69) is 5.92 Å². The van der Waals surface area contributed by atoms with Crippen LogP contribution in [0.25, 0.3) is 0 Å². The van der Waals surface area contributed by atoms with Gasteiger partial charge in [0, 0.05) is 11.5 Å². The van der Waals surface area contributed by atoms with Gasteiger partial charge in [-0.2, -0.15) is 0 Å². The topological polar surface area (TPSA) is 52.6 Å². The van der Waals surface area contributed by atoms with Crippen LogP contribution in [0.1, 0.15) is 23.5 Å². The summed E-state index contributed by atoms with van der Waals surface area (Å²) >= 11 is 0. The minimum absolute atomic E-state index is 0.278. The maximum atomic E-state index is 11.9. The highest BCUT2D eigenvalue weighted by Gasteiger charge is 2.68. The van der Waals surface area contributed by atoms with Crippen molar-refractivity contribution >= 4 is 11.9 Å². The molecular weight excluding hydrogens is 244 g/mol. The van der Waals surface area contributed by atoms with Crippen molar-refractivity contribution in [3.8, 4) is 12.3 Å². The number of benzene rings is 1. The Labute approximate surface area is 111 Å². The van der Waals surface area contributed by atoms with E-state index in [4.69, 9.17) is 15.9 Å². The van der Waals surface area contributed by atoms with Crippen LogP contribution < -0.4 is 0 Å². The number of hydrogen-bond acceptors (Lipinski definition) is 4. The fourth-order valence-corrected chi connectivity index (χ4v) is 2.47. The van der Waals surface area contributed by atoms with Crippen LogP contribution in [0.2, 0.25) is 0 Å². The lowest BCUT2D eigenvalue weighted by atomic mass is 9.96. The van der Waals surface area contributed by atoms with E-state index in [9.17, 15) is 9.59 Å². The summed E-state index contributed by atoms with van der Waals surface area (Å²) in [6.07, 6.45) is 5.81. The number of esters is 2. The molecule has 19 heavy (non-hydrogen) atoms. The Hall–Kier alpha value is -2.28. The summed E-state index contributed by atoms with van der Waals surface area (Å²) in [6.45, 7) is 0. The third-order valence-electron chi connectivity index (χ3n) is 3.55. The molecule has 4 nitrogen and oxygen atoms in total. The summed E-state index contributed by atoms with van der Waals surface area (Å²) in [5, 5.41) is 0. The first-order valence-corrected chi connectivity index (χ1v) is 5.84. The molecule has 98 valence electrons. The van der Waals surface area contributed by atoms with E-state index in [1.54, 1.807) is 6.07 Å². The quantitative estimate of drug-likeness (QED) is 0.468. The van der Waals surface area contributed by atoms with E-state index in [1.165, 1.54) is 14.2 Å². The normalized spacial score (nSPS) is 19.1. The van der Waals surface area contributed by atoms with E-state index in [-0.39, 0.29) is 5.92 Å². The van der Waals surface area contributed by atoms with Crippen LogP contribution in [-0.4, -0.2) is 26.2 Å². The summed E-state index contributed by atoms with van der Waals surface area (Å²) in [5.74, 6) is 1.14. The maximum absolute atomic E-state index is 11.9. The zero-order chi connectivity index (χ0) is 14.0. The van der Waals surface area contributed by atoms with E-state index in [0.29, 0.717) is 12.0 Å². The Bertz CT molecular complexity index is 552. The van der Waals surface area contributed by atoms with Crippen LogP contribution in [0.3, 0.4) is 0 Å². The molecule has 2 rings (SSSR count). The second-order valence-electron chi connectivity index (χ2n) is 4.44. The van der Waals surface area contributed by atoms with Gasteiger partial charge in [-0.25, -0.2) is 0 Å². The molecule has 1 atom stereocenters. The van der Waals surface area contributed by atoms with Crippen LogP contribution in [0.4, 0.5) is 0 Å². The van der Waals surface area contributed by atoms with Crippen molar-refractivity contribution in [2.75, 3.05) is 14.2 Å². The zero-order valence-corrected chi connectivity index (χ0v) is 10.8. The summed E-state index contributed by atoms with van der Waals surface area (Å²) < 4.78 is 9.47. The van der Waals surface area contributed by atoms with Gasteiger partial charge in [0.2, 0.25) is 0 Å². The molecule has 0 N–H and O–H groups in total. The third-order valence-corrected chi connectivity index (χ3v) is 3.55. The van der Waals surface area contributed by atoms with Crippen LogP contribution in [0.5, 0.6) is 0 Å². The van der Waals surface area contributed by atoms with E-state index in [1.807, 2.05) is 18.2 Å². The highest BCUT2D eigenvalue weighted by atomic mass is 16.5. The van der Waals surface area contributed by atoms with Gasteiger partial charge >= 0.3 is 11.9 Å². The Morgan fingerprint density at radius 1 is 1.26 bits per heavy atom. The molecule has 0 spiro atoms. The molecule has 0 amide bonds. The monoisotopic (exact) mass is 258 g/mol. The molecule has 1 unspecified atom stereocenters. The van der Waals surface area contributed by atoms with E-state index in [0.717, 1.165) is 5.56 Å². The molecule has 1 aromatic carbocycles. The number of ether oxygens (including phenoxy) is 2. The number of carbonyl (C=O) groups is 2. The molecule has 0 heterocycles.